The van der Waals surface area contributed by atoms with E-state index in [1.54, 1.807) is 24.0 Å². The third-order valence-corrected chi connectivity index (χ3v) is 7.95. The summed E-state index contributed by atoms with van der Waals surface area (Å²) < 4.78 is 63.8. The summed E-state index contributed by atoms with van der Waals surface area (Å²) in [4.78, 5) is 15.1. The lowest BCUT2D eigenvalue weighted by Gasteiger charge is -2.35. The average molecular weight is 539 g/mol. The molecule has 0 bridgehead atoms. The second-order valence-electron chi connectivity index (χ2n) is 9.28. The van der Waals surface area contributed by atoms with Crippen molar-refractivity contribution in [3.63, 3.8) is 0 Å². The van der Waals surface area contributed by atoms with E-state index in [1.165, 1.54) is 37.8 Å². The Balaban J connectivity index is 1.84. The molecule has 0 spiro atoms. The quantitative estimate of drug-likeness (QED) is 0.458. The van der Waals surface area contributed by atoms with E-state index in [0.717, 1.165) is 6.07 Å². The number of hydrogen-bond acceptors (Lipinski definition) is 7. The van der Waals surface area contributed by atoms with Crippen LogP contribution in [0.4, 0.5) is 4.39 Å². The predicted molar refractivity (Wildman–Crippen MR) is 136 cm³/mol. The van der Waals surface area contributed by atoms with E-state index in [4.69, 9.17) is 18.9 Å². The van der Waals surface area contributed by atoms with Crippen molar-refractivity contribution in [2.24, 2.45) is 5.92 Å². The summed E-state index contributed by atoms with van der Waals surface area (Å²) in [6, 6.07) is 7.05. The minimum atomic E-state index is -3.93. The molecule has 0 aromatic heterocycles. The molecule has 11 heteroatoms. The number of sulfonamides is 1. The zero-order chi connectivity index (χ0) is 27.3. The van der Waals surface area contributed by atoms with Crippen LogP contribution in [-0.2, 0) is 14.8 Å². The minimum absolute atomic E-state index is 0.0367. The summed E-state index contributed by atoms with van der Waals surface area (Å²) in [5, 5.41) is 0. The number of carbonyl (C=O) groups excluding carboxylic acids is 1. The average Bonchev–Trinajstić information content (AvgIpc) is 2.88. The molecule has 1 heterocycles. The topological polar surface area (TPSA) is 94.6 Å². The van der Waals surface area contributed by atoms with Crippen LogP contribution in [0.5, 0.6) is 17.2 Å². The molecule has 1 aliphatic heterocycles. The molecule has 204 valence electrons. The van der Waals surface area contributed by atoms with Crippen LogP contribution in [0.2, 0.25) is 0 Å². The second kappa shape index (κ2) is 12.1. The Bertz CT molecular complexity index is 1190. The smallest absolute Gasteiger partial charge is 0.254 e. The first-order chi connectivity index (χ1) is 17.5. The van der Waals surface area contributed by atoms with E-state index in [-0.39, 0.29) is 43.0 Å². The van der Waals surface area contributed by atoms with Gasteiger partial charge >= 0.3 is 0 Å². The number of ether oxygens (including phenoxy) is 4. The van der Waals surface area contributed by atoms with Crippen molar-refractivity contribution in [3.05, 3.63) is 47.3 Å². The lowest BCUT2D eigenvalue weighted by molar-refractivity contribution is -0.0186. The molecular formula is C26H35FN2O7S. The van der Waals surface area contributed by atoms with Crippen molar-refractivity contribution in [1.82, 2.24) is 9.21 Å². The number of rotatable bonds is 10. The Hall–Kier alpha value is -2.89. The summed E-state index contributed by atoms with van der Waals surface area (Å²) in [5.41, 5.74) is 0.707. The predicted octanol–water partition coefficient (Wildman–Crippen LogP) is 3.35. The summed E-state index contributed by atoms with van der Waals surface area (Å²) in [7, 11) is 0.505. The van der Waals surface area contributed by atoms with Crippen LogP contribution in [-0.4, -0.2) is 83.7 Å². The molecule has 0 N–H and O–H groups in total. The summed E-state index contributed by atoms with van der Waals surface area (Å²) in [6.07, 6.45) is -0.566. The van der Waals surface area contributed by atoms with E-state index in [2.05, 4.69) is 0 Å². The molecule has 2 aromatic rings. The van der Waals surface area contributed by atoms with Crippen molar-refractivity contribution < 1.29 is 36.6 Å². The van der Waals surface area contributed by atoms with Crippen LogP contribution in [0, 0.1) is 18.7 Å². The number of halogens is 1. The molecule has 3 rings (SSSR count). The van der Waals surface area contributed by atoms with Gasteiger partial charge in [0, 0.05) is 31.7 Å². The maximum atomic E-state index is 14.1. The number of aryl methyl sites for hydroxylation is 1. The van der Waals surface area contributed by atoms with Crippen molar-refractivity contribution in [2.75, 3.05) is 54.1 Å². The lowest BCUT2D eigenvalue weighted by Crippen LogP contribution is -2.51. The SMILES string of the molecule is COc1cc(C(=O)N(CC(C)C)CC2CN(S(=O)(=O)c3ccc(C)c(F)c3)CCO2)cc(OC)c1OC. The summed E-state index contributed by atoms with van der Waals surface area (Å²) in [6.45, 7) is 6.47. The highest BCUT2D eigenvalue weighted by Gasteiger charge is 2.33. The number of methoxy groups -OCH3 is 3. The van der Waals surface area contributed by atoms with Crippen molar-refractivity contribution >= 4 is 15.9 Å². The molecule has 1 unspecified atom stereocenters. The molecule has 1 amide bonds. The first kappa shape index (κ1) is 28.7. The second-order valence-corrected chi connectivity index (χ2v) is 11.2. The Morgan fingerprint density at radius 2 is 1.78 bits per heavy atom. The maximum Gasteiger partial charge on any atom is 0.254 e. The fourth-order valence-electron chi connectivity index (χ4n) is 4.22. The molecule has 0 aliphatic carbocycles. The first-order valence-electron chi connectivity index (χ1n) is 12.0. The van der Waals surface area contributed by atoms with Gasteiger partial charge in [0.15, 0.2) is 11.5 Å². The number of morpholine rings is 1. The van der Waals surface area contributed by atoms with E-state index in [1.807, 2.05) is 13.8 Å². The zero-order valence-electron chi connectivity index (χ0n) is 22.1. The molecule has 1 saturated heterocycles. The number of carbonyl (C=O) groups is 1. The van der Waals surface area contributed by atoms with Crippen LogP contribution >= 0.6 is 0 Å². The van der Waals surface area contributed by atoms with Gasteiger partial charge in [0.25, 0.3) is 5.91 Å². The lowest BCUT2D eigenvalue weighted by atomic mass is 10.1. The van der Waals surface area contributed by atoms with E-state index in [0.29, 0.717) is 34.9 Å². The first-order valence-corrected chi connectivity index (χ1v) is 13.4. The molecular weight excluding hydrogens is 503 g/mol. The summed E-state index contributed by atoms with van der Waals surface area (Å²) in [5.74, 6) is 0.366. The van der Waals surface area contributed by atoms with Gasteiger partial charge in [-0.3, -0.25) is 4.79 Å². The monoisotopic (exact) mass is 538 g/mol. The molecule has 0 radical (unpaired) electrons. The maximum absolute atomic E-state index is 14.1. The highest BCUT2D eigenvalue weighted by atomic mass is 32.2. The van der Waals surface area contributed by atoms with Gasteiger partial charge in [0.1, 0.15) is 5.82 Å². The van der Waals surface area contributed by atoms with Crippen LogP contribution in [0.1, 0.15) is 29.8 Å². The number of hydrogen-bond donors (Lipinski definition) is 0. The minimum Gasteiger partial charge on any atom is -0.493 e. The summed E-state index contributed by atoms with van der Waals surface area (Å²) >= 11 is 0. The van der Waals surface area contributed by atoms with Gasteiger partial charge < -0.3 is 23.8 Å². The van der Waals surface area contributed by atoms with Gasteiger partial charge in [-0.15, -0.1) is 0 Å². The molecule has 37 heavy (non-hydrogen) atoms. The van der Waals surface area contributed by atoms with Gasteiger partial charge in [-0.1, -0.05) is 19.9 Å². The van der Waals surface area contributed by atoms with Crippen molar-refractivity contribution in [2.45, 2.75) is 31.8 Å². The van der Waals surface area contributed by atoms with Crippen LogP contribution in [0.15, 0.2) is 35.2 Å². The Morgan fingerprint density at radius 1 is 1.14 bits per heavy atom. The third-order valence-electron chi connectivity index (χ3n) is 6.09. The van der Waals surface area contributed by atoms with Crippen LogP contribution in [0.25, 0.3) is 0 Å². The van der Waals surface area contributed by atoms with Gasteiger partial charge in [0.2, 0.25) is 15.8 Å². The molecule has 1 fully saturated rings. The fourth-order valence-corrected chi connectivity index (χ4v) is 5.69. The van der Waals surface area contributed by atoms with Gasteiger partial charge in [-0.25, -0.2) is 12.8 Å². The molecule has 1 atom stereocenters. The third kappa shape index (κ3) is 6.52. The largest absolute Gasteiger partial charge is 0.493 e. The fraction of sp³-hybridized carbons (Fsp3) is 0.500. The van der Waals surface area contributed by atoms with Gasteiger partial charge in [-0.05, 0) is 42.7 Å². The van der Waals surface area contributed by atoms with Gasteiger partial charge in [0.05, 0.1) is 38.9 Å². The Labute approximate surface area is 218 Å². The number of nitrogens with zero attached hydrogens (tertiary/aromatic N) is 2. The molecule has 9 nitrogen and oxygen atoms in total. The number of benzene rings is 2. The van der Waals surface area contributed by atoms with Crippen molar-refractivity contribution in [1.29, 1.82) is 0 Å². The van der Waals surface area contributed by atoms with Crippen molar-refractivity contribution in [3.8, 4) is 17.2 Å². The van der Waals surface area contributed by atoms with E-state index in [9.17, 15) is 17.6 Å². The van der Waals surface area contributed by atoms with E-state index >= 15 is 0 Å². The standard InChI is InChI=1S/C26H35FN2O7S/c1-17(2)14-28(26(30)19-11-23(33-4)25(35-6)24(12-19)34-5)15-20-16-29(9-10-36-20)37(31,32)21-8-7-18(3)22(27)13-21/h7-8,11-13,17,20H,9-10,14-16H2,1-6H3. The zero-order valence-corrected chi connectivity index (χ0v) is 22.9. The number of amides is 1. The van der Waals surface area contributed by atoms with Crippen LogP contribution < -0.4 is 14.2 Å². The highest BCUT2D eigenvalue weighted by molar-refractivity contribution is 7.89. The Morgan fingerprint density at radius 3 is 2.32 bits per heavy atom. The normalized spacial score (nSPS) is 16.5. The van der Waals surface area contributed by atoms with E-state index < -0.39 is 21.9 Å². The van der Waals surface area contributed by atoms with Crippen LogP contribution in [0.3, 0.4) is 0 Å². The Kier molecular flexibility index (Phi) is 9.38. The highest BCUT2D eigenvalue weighted by Crippen LogP contribution is 2.38. The molecule has 1 aliphatic rings. The van der Waals surface area contributed by atoms with Gasteiger partial charge in [-0.2, -0.15) is 4.31 Å². The molecule has 0 saturated carbocycles. The molecule has 2 aromatic carbocycles.